The Hall–Kier alpha value is -2.62. The lowest BCUT2D eigenvalue weighted by atomic mass is 9.94. The van der Waals surface area contributed by atoms with E-state index in [1.165, 1.54) is 13.3 Å². The molecule has 4 heteroatoms. The first-order chi connectivity index (χ1) is 13.1. The maximum atomic E-state index is 13.2. The van der Waals surface area contributed by atoms with Crippen molar-refractivity contribution >= 4 is 11.8 Å². The van der Waals surface area contributed by atoms with Gasteiger partial charge in [0, 0.05) is 19.5 Å². The highest BCUT2D eigenvalue weighted by molar-refractivity contribution is 5.88. The number of hydrogen-bond acceptors (Lipinski definition) is 2. The third kappa shape index (κ3) is 5.19. The van der Waals surface area contributed by atoms with Crippen LogP contribution in [0, 0.1) is 0 Å². The lowest BCUT2D eigenvalue weighted by molar-refractivity contribution is -0.140. The topological polar surface area (TPSA) is 49.4 Å². The van der Waals surface area contributed by atoms with Gasteiger partial charge < -0.3 is 10.2 Å². The van der Waals surface area contributed by atoms with Crippen molar-refractivity contribution in [2.75, 3.05) is 0 Å². The summed E-state index contributed by atoms with van der Waals surface area (Å²) in [5, 5.41) is 3.21. The normalized spacial score (nSPS) is 15.7. The van der Waals surface area contributed by atoms with Crippen molar-refractivity contribution in [2.24, 2.45) is 0 Å². The third-order valence-corrected chi connectivity index (χ3v) is 5.23. The molecule has 1 saturated carbocycles. The smallest absolute Gasteiger partial charge is 0.247 e. The minimum atomic E-state index is -0.620. The van der Waals surface area contributed by atoms with Crippen LogP contribution in [0.1, 0.15) is 56.2 Å². The van der Waals surface area contributed by atoms with Crippen LogP contribution in [0.5, 0.6) is 0 Å². The maximum Gasteiger partial charge on any atom is 0.247 e. The van der Waals surface area contributed by atoms with Gasteiger partial charge in [-0.1, -0.05) is 79.9 Å². The molecule has 4 nitrogen and oxygen atoms in total. The standard InChI is InChI=1S/C23H28N2O2/c1-18(26)25(17-19-11-5-2-6-12-19)22(20-13-7-3-8-14-20)23(27)24-21-15-9-4-10-16-21/h2-3,5-8,11-14,21-22H,4,9-10,15-17H2,1H3,(H,24,27). The van der Waals surface area contributed by atoms with Crippen LogP contribution in [0.25, 0.3) is 0 Å². The van der Waals surface area contributed by atoms with E-state index in [4.69, 9.17) is 0 Å². The third-order valence-electron chi connectivity index (χ3n) is 5.23. The fourth-order valence-corrected chi connectivity index (χ4v) is 3.80. The summed E-state index contributed by atoms with van der Waals surface area (Å²) < 4.78 is 0. The van der Waals surface area contributed by atoms with Crippen molar-refractivity contribution in [3.63, 3.8) is 0 Å². The van der Waals surface area contributed by atoms with E-state index >= 15 is 0 Å². The first kappa shape index (κ1) is 19.2. The van der Waals surface area contributed by atoms with Crippen molar-refractivity contribution < 1.29 is 9.59 Å². The van der Waals surface area contributed by atoms with Crippen molar-refractivity contribution in [3.8, 4) is 0 Å². The first-order valence-corrected chi connectivity index (χ1v) is 9.81. The van der Waals surface area contributed by atoms with Crippen molar-refractivity contribution in [3.05, 3.63) is 71.8 Å². The number of nitrogens with one attached hydrogen (secondary N) is 1. The molecule has 1 fully saturated rings. The van der Waals surface area contributed by atoms with Crippen molar-refractivity contribution in [1.82, 2.24) is 10.2 Å². The second-order valence-corrected chi connectivity index (χ2v) is 7.29. The summed E-state index contributed by atoms with van der Waals surface area (Å²) in [5.41, 5.74) is 1.86. The van der Waals surface area contributed by atoms with E-state index in [0.29, 0.717) is 6.54 Å². The van der Waals surface area contributed by atoms with Crippen molar-refractivity contribution in [1.29, 1.82) is 0 Å². The number of benzene rings is 2. The molecule has 0 spiro atoms. The molecule has 2 aromatic carbocycles. The lowest BCUT2D eigenvalue weighted by Gasteiger charge is -2.33. The van der Waals surface area contributed by atoms with E-state index in [0.717, 1.165) is 36.8 Å². The van der Waals surface area contributed by atoms with Crippen LogP contribution in [0.3, 0.4) is 0 Å². The average Bonchev–Trinajstić information content (AvgIpc) is 2.70. The molecule has 1 aliphatic carbocycles. The van der Waals surface area contributed by atoms with Gasteiger partial charge in [-0.2, -0.15) is 0 Å². The zero-order chi connectivity index (χ0) is 19.1. The molecule has 1 N–H and O–H groups in total. The second kappa shape index (κ2) is 9.36. The quantitative estimate of drug-likeness (QED) is 0.834. The molecule has 0 heterocycles. The molecule has 0 bridgehead atoms. The summed E-state index contributed by atoms with van der Waals surface area (Å²) in [6.45, 7) is 1.95. The molecular weight excluding hydrogens is 336 g/mol. The fourth-order valence-electron chi connectivity index (χ4n) is 3.80. The Morgan fingerprint density at radius 2 is 1.56 bits per heavy atom. The number of hydrogen-bond donors (Lipinski definition) is 1. The zero-order valence-electron chi connectivity index (χ0n) is 15.9. The molecule has 0 radical (unpaired) electrons. The number of nitrogens with zero attached hydrogens (tertiary/aromatic N) is 1. The minimum Gasteiger partial charge on any atom is -0.351 e. The highest BCUT2D eigenvalue weighted by Gasteiger charge is 2.31. The molecule has 3 rings (SSSR count). The maximum absolute atomic E-state index is 13.2. The molecule has 0 aromatic heterocycles. The molecule has 142 valence electrons. The zero-order valence-corrected chi connectivity index (χ0v) is 15.9. The molecule has 1 atom stereocenters. The molecule has 2 aromatic rings. The van der Waals surface area contributed by atoms with Crippen LogP contribution < -0.4 is 5.32 Å². The van der Waals surface area contributed by atoms with E-state index in [2.05, 4.69) is 5.32 Å². The summed E-state index contributed by atoms with van der Waals surface area (Å²) in [4.78, 5) is 27.4. The molecule has 0 saturated heterocycles. The van der Waals surface area contributed by atoms with Crippen LogP contribution in [0.2, 0.25) is 0 Å². The van der Waals surface area contributed by atoms with E-state index in [1.54, 1.807) is 4.90 Å². The molecular formula is C23H28N2O2. The SMILES string of the molecule is CC(=O)N(Cc1ccccc1)C(C(=O)NC1CCCCC1)c1ccccc1. The van der Waals surface area contributed by atoms with Gasteiger partial charge in [-0.25, -0.2) is 0 Å². The Bertz CT molecular complexity index is 739. The number of carbonyl (C=O) groups is 2. The van der Waals surface area contributed by atoms with Gasteiger partial charge in [0.2, 0.25) is 11.8 Å². The van der Waals surface area contributed by atoms with Gasteiger partial charge in [0.1, 0.15) is 6.04 Å². The molecule has 1 aliphatic rings. The summed E-state index contributed by atoms with van der Waals surface area (Å²) in [5.74, 6) is -0.189. The van der Waals surface area contributed by atoms with Gasteiger partial charge in [0.15, 0.2) is 0 Å². The van der Waals surface area contributed by atoms with Gasteiger partial charge in [-0.15, -0.1) is 0 Å². The number of rotatable bonds is 6. The number of carbonyl (C=O) groups excluding carboxylic acids is 2. The summed E-state index contributed by atoms with van der Waals surface area (Å²) in [6, 6.07) is 19.0. The molecule has 27 heavy (non-hydrogen) atoms. The van der Waals surface area contributed by atoms with Crippen LogP contribution in [-0.2, 0) is 16.1 Å². The van der Waals surface area contributed by atoms with Crippen LogP contribution in [0.4, 0.5) is 0 Å². The predicted molar refractivity (Wildman–Crippen MR) is 107 cm³/mol. The van der Waals surface area contributed by atoms with Crippen LogP contribution in [-0.4, -0.2) is 22.8 Å². The Balaban J connectivity index is 1.87. The van der Waals surface area contributed by atoms with Gasteiger partial charge in [-0.05, 0) is 24.0 Å². The van der Waals surface area contributed by atoms with Gasteiger partial charge >= 0.3 is 0 Å². The van der Waals surface area contributed by atoms with Gasteiger partial charge in [0.25, 0.3) is 0 Å². The predicted octanol–water partition coefficient (Wildman–Crippen LogP) is 4.23. The Kier molecular flexibility index (Phi) is 6.64. The summed E-state index contributed by atoms with van der Waals surface area (Å²) in [7, 11) is 0. The van der Waals surface area contributed by atoms with Gasteiger partial charge in [-0.3, -0.25) is 9.59 Å². The second-order valence-electron chi connectivity index (χ2n) is 7.29. The Morgan fingerprint density at radius 3 is 2.15 bits per heavy atom. The summed E-state index contributed by atoms with van der Waals surface area (Å²) >= 11 is 0. The van der Waals surface area contributed by atoms with E-state index in [-0.39, 0.29) is 17.9 Å². The lowest BCUT2D eigenvalue weighted by Crippen LogP contribution is -2.46. The van der Waals surface area contributed by atoms with E-state index < -0.39 is 6.04 Å². The van der Waals surface area contributed by atoms with E-state index in [1.807, 2.05) is 60.7 Å². The van der Waals surface area contributed by atoms with E-state index in [9.17, 15) is 9.59 Å². The highest BCUT2D eigenvalue weighted by atomic mass is 16.2. The minimum absolute atomic E-state index is 0.0840. The average molecular weight is 364 g/mol. The molecule has 1 unspecified atom stereocenters. The van der Waals surface area contributed by atoms with Crippen molar-refractivity contribution in [2.45, 2.75) is 57.7 Å². The van der Waals surface area contributed by atoms with Crippen LogP contribution >= 0.6 is 0 Å². The van der Waals surface area contributed by atoms with Gasteiger partial charge in [0.05, 0.1) is 0 Å². The first-order valence-electron chi connectivity index (χ1n) is 9.81. The monoisotopic (exact) mass is 364 g/mol. The molecule has 0 aliphatic heterocycles. The summed E-state index contributed by atoms with van der Waals surface area (Å²) in [6.07, 6.45) is 5.59. The Morgan fingerprint density at radius 1 is 0.963 bits per heavy atom. The Labute approximate surface area is 161 Å². The fraction of sp³-hybridized carbons (Fsp3) is 0.391. The number of amides is 2. The molecule has 2 amide bonds. The highest BCUT2D eigenvalue weighted by Crippen LogP contribution is 2.25. The largest absolute Gasteiger partial charge is 0.351 e. The van der Waals surface area contributed by atoms with Crippen LogP contribution in [0.15, 0.2) is 60.7 Å².